The summed E-state index contributed by atoms with van der Waals surface area (Å²) in [7, 11) is 0. The first kappa shape index (κ1) is 8.43. The highest BCUT2D eigenvalue weighted by molar-refractivity contribution is 5.59. The van der Waals surface area contributed by atoms with E-state index in [1.54, 1.807) is 0 Å². The number of H-pyrrole nitrogens is 2. The zero-order chi connectivity index (χ0) is 10.7. The molecule has 1 unspecified atom stereocenters. The number of aromatic nitrogens is 6. The smallest absolute Gasteiger partial charge is 0.225 e. The summed E-state index contributed by atoms with van der Waals surface area (Å²) in [6.45, 7) is 2.26. The average molecular weight is 216 g/mol. The molecule has 1 fully saturated rings. The van der Waals surface area contributed by atoms with Crippen molar-refractivity contribution in [3.63, 3.8) is 0 Å². The van der Waals surface area contributed by atoms with Crippen LogP contribution in [0.2, 0.25) is 0 Å². The lowest BCUT2D eigenvalue weighted by Crippen LogP contribution is -1.93. The van der Waals surface area contributed by atoms with Gasteiger partial charge in [-0.15, -0.1) is 10.2 Å². The van der Waals surface area contributed by atoms with Gasteiger partial charge in [0.25, 0.3) is 0 Å². The van der Waals surface area contributed by atoms with Gasteiger partial charge in [-0.2, -0.15) is 10.3 Å². The first-order valence-electron chi connectivity index (χ1n) is 5.71. The molecule has 16 heavy (non-hydrogen) atoms. The largest absolute Gasteiger partial charge is 0.281 e. The van der Waals surface area contributed by atoms with E-state index in [1.165, 1.54) is 17.7 Å². The highest BCUT2D eigenvalue weighted by atomic mass is 15.5. The second-order valence-electron chi connectivity index (χ2n) is 4.67. The molecule has 0 radical (unpaired) electrons. The lowest BCUT2D eigenvalue weighted by atomic mass is 10.0. The van der Waals surface area contributed by atoms with Crippen LogP contribution in [0.3, 0.4) is 0 Å². The molecule has 0 saturated heterocycles. The van der Waals surface area contributed by atoms with E-state index in [0.29, 0.717) is 11.7 Å². The van der Waals surface area contributed by atoms with Crippen molar-refractivity contribution in [3.05, 3.63) is 11.3 Å². The third-order valence-corrected chi connectivity index (χ3v) is 4.03. The predicted octanol–water partition coefficient (Wildman–Crippen LogP) is 0.885. The van der Waals surface area contributed by atoms with Crippen LogP contribution in [0.5, 0.6) is 0 Å². The van der Waals surface area contributed by atoms with Crippen LogP contribution in [-0.4, -0.2) is 30.8 Å². The summed E-state index contributed by atoms with van der Waals surface area (Å²) in [5, 5.41) is 21.5. The van der Waals surface area contributed by atoms with Crippen molar-refractivity contribution in [3.8, 4) is 11.5 Å². The molecular weight excluding hydrogens is 204 g/mol. The summed E-state index contributed by atoms with van der Waals surface area (Å²) >= 11 is 0. The molecule has 4 rings (SSSR count). The molecule has 0 aliphatic heterocycles. The Bertz CT molecular complexity index is 528. The summed E-state index contributed by atoms with van der Waals surface area (Å²) in [5.41, 5.74) is 3.50. The van der Waals surface area contributed by atoms with Gasteiger partial charge in [0.1, 0.15) is 5.69 Å². The highest BCUT2D eigenvalue weighted by Gasteiger charge is 2.56. The maximum Gasteiger partial charge on any atom is 0.225 e. The Kier molecular flexibility index (Phi) is 1.42. The number of tetrazole rings is 1. The van der Waals surface area contributed by atoms with Crippen LogP contribution in [0.15, 0.2) is 0 Å². The van der Waals surface area contributed by atoms with E-state index < -0.39 is 0 Å². The van der Waals surface area contributed by atoms with Crippen LogP contribution in [-0.2, 0) is 6.42 Å². The summed E-state index contributed by atoms with van der Waals surface area (Å²) in [6, 6.07) is 0. The Morgan fingerprint density at radius 1 is 1.38 bits per heavy atom. The fourth-order valence-corrected chi connectivity index (χ4v) is 3.25. The fourth-order valence-electron chi connectivity index (χ4n) is 3.25. The quantitative estimate of drug-likeness (QED) is 0.780. The summed E-state index contributed by atoms with van der Waals surface area (Å²) < 4.78 is 0. The van der Waals surface area contributed by atoms with Gasteiger partial charge in [-0.25, -0.2) is 0 Å². The maximum absolute atomic E-state index is 4.32. The minimum Gasteiger partial charge on any atom is -0.281 e. The molecule has 2 aliphatic rings. The van der Waals surface area contributed by atoms with Crippen molar-refractivity contribution in [2.24, 2.45) is 11.8 Å². The second-order valence-corrected chi connectivity index (χ2v) is 4.67. The third-order valence-electron chi connectivity index (χ3n) is 4.03. The Balaban J connectivity index is 1.77. The van der Waals surface area contributed by atoms with Crippen LogP contribution in [0.1, 0.15) is 30.5 Å². The number of nitrogens with one attached hydrogen (secondary N) is 2. The highest BCUT2D eigenvalue weighted by Crippen LogP contribution is 2.63. The SMILES string of the molecule is CCC1[C@H]2c3[nH]nc(-c4nn[nH]n4)c3C[C@@H]12. The van der Waals surface area contributed by atoms with Gasteiger partial charge in [0.15, 0.2) is 0 Å². The van der Waals surface area contributed by atoms with Crippen LogP contribution < -0.4 is 0 Å². The van der Waals surface area contributed by atoms with Crippen molar-refractivity contribution >= 4 is 0 Å². The van der Waals surface area contributed by atoms with Crippen LogP contribution in [0, 0.1) is 11.8 Å². The Morgan fingerprint density at radius 3 is 3.06 bits per heavy atom. The van der Waals surface area contributed by atoms with Gasteiger partial charge < -0.3 is 0 Å². The van der Waals surface area contributed by atoms with Crippen molar-refractivity contribution in [2.45, 2.75) is 25.7 Å². The minimum absolute atomic E-state index is 0.604. The molecular formula is C10H12N6. The van der Waals surface area contributed by atoms with Crippen molar-refractivity contribution < 1.29 is 0 Å². The number of nitrogens with zero attached hydrogens (tertiary/aromatic N) is 4. The van der Waals surface area contributed by atoms with Crippen molar-refractivity contribution in [1.82, 2.24) is 30.8 Å². The first-order valence-corrected chi connectivity index (χ1v) is 5.71. The lowest BCUT2D eigenvalue weighted by molar-refractivity contribution is 0.670. The number of aromatic amines is 2. The molecule has 0 aromatic carbocycles. The van der Waals surface area contributed by atoms with E-state index in [-0.39, 0.29) is 0 Å². The van der Waals surface area contributed by atoms with Crippen molar-refractivity contribution in [2.75, 3.05) is 0 Å². The minimum atomic E-state index is 0.604. The number of rotatable bonds is 2. The molecule has 2 aromatic heterocycles. The van der Waals surface area contributed by atoms with E-state index in [4.69, 9.17) is 0 Å². The average Bonchev–Trinajstić information content (AvgIpc) is 2.73. The molecule has 2 N–H and O–H groups in total. The lowest BCUT2D eigenvalue weighted by Gasteiger charge is -1.99. The molecule has 2 aromatic rings. The Morgan fingerprint density at radius 2 is 2.31 bits per heavy atom. The Labute approximate surface area is 91.8 Å². The monoisotopic (exact) mass is 216 g/mol. The van der Waals surface area contributed by atoms with Gasteiger partial charge in [-0.1, -0.05) is 13.3 Å². The summed E-state index contributed by atoms with van der Waals surface area (Å²) in [5.74, 6) is 3.02. The predicted molar refractivity (Wildman–Crippen MR) is 55.5 cm³/mol. The molecule has 0 bridgehead atoms. The molecule has 2 heterocycles. The summed E-state index contributed by atoms with van der Waals surface area (Å²) in [6.07, 6.45) is 2.39. The standard InChI is InChI=1S/C10H12N6/c1-2-4-5-3-6-8(7(4)5)11-12-9(6)10-13-15-16-14-10/h4-5,7H,2-3H2,1H3,(H,11,12)(H,13,14,15,16)/t4?,5-,7+/m0/s1. The first-order chi connectivity index (χ1) is 7.90. The van der Waals surface area contributed by atoms with Gasteiger partial charge in [-0.3, -0.25) is 5.10 Å². The van der Waals surface area contributed by atoms with E-state index in [9.17, 15) is 0 Å². The second kappa shape index (κ2) is 2.69. The fraction of sp³-hybridized carbons (Fsp3) is 0.600. The number of hydrogen-bond donors (Lipinski definition) is 2. The van der Waals surface area contributed by atoms with Gasteiger partial charge in [0, 0.05) is 17.2 Å². The zero-order valence-electron chi connectivity index (χ0n) is 8.94. The normalized spacial score (nSPS) is 30.2. The van der Waals surface area contributed by atoms with E-state index in [0.717, 1.165) is 24.0 Å². The van der Waals surface area contributed by atoms with E-state index in [1.807, 2.05) is 0 Å². The topological polar surface area (TPSA) is 83.1 Å². The van der Waals surface area contributed by atoms with Crippen LogP contribution in [0.25, 0.3) is 11.5 Å². The van der Waals surface area contributed by atoms with Crippen LogP contribution >= 0.6 is 0 Å². The molecule has 3 atom stereocenters. The molecule has 0 spiro atoms. The molecule has 6 nitrogen and oxygen atoms in total. The third kappa shape index (κ3) is 0.874. The van der Waals surface area contributed by atoms with Gasteiger partial charge in [0.2, 0.25) is 5.82 Å². The van der Waals surface area contributed by atoms with Gasteiger partial charge in [-0.05, 0) is 23.5 Å². The number of fused-ring (bicyclic) bond motifs is 3. The molecule has 2 aliphatic carbocycles. The van der Waals surface area contributed by atoms with E-state index >= 15 is 0 Å². The van der Waals surface area contributed by atoms with Crippen LogP contribution in [0.4, 0.5) is 0 Å². The summed E-state index contributed by atoms with van der Waals surface area (Å²) in [4.78, 5) is 0. The maximum atomic E-state index is 4.32. The Hall–Kier alpha value is -1.72. The molecule has 1 saturated carbocycles. The zero-order valence-corrected chi connectivity index (χ0v) is 8.94. The van der Waals surface area contributed by atoms with E-state index in [2.05, 4.69) is 37.7 Å². The number of hydrogen-bond acceptors (Lipinski definition) is 4. The van der Waals surface area contributed by atoms with Gasteiger partial charge >= 0.3 is 0 Å². The molecule has 82 valence electrons. The van der Waals surface area contributed by atoms with Crippen molar-refractivity contribution in [1.29, 1.82) is 0 Å². The van der Waals surface area contributed by atoms with Gasteiger partial charge in [0.05, 0.1) is 0 Å². The molecule has 6 heteroatoms. The molecule has 0 amide bonds.